The molecule has 0 aliphatic rings. The Kier molecular flexibility index (Phi) is 6.03. The number of rotatable bonds is 6. The van der Waals surface area contributed by atoms with Crippen molar-refractivity contribution in [2.45, 2.75) is 46.6 Å². The van der Waals surface area contributed by atoms with Gasteiger partial charge in [0.1, 0.15) is 11.8 Å². The third-order valence-corrected chi connectivity index (χ3v) is 4.56. The van der Waals surface area contributed by atoms with Gasteiger partial charge >= 0.3 is 5.97 Å². The van der Waals surface area contributed by atoms with Crippen molar-refractivity contribution in [2.75, 3.05) is 0 Å². The molecule has 0 radical (unpaired) electrons. The Morgan fingerprint density at radius 3 is 2.15 bits per heavy atom. The number of hydrogen-bond donors (Lipinski definition) is 3. The van der Waals surface area contributed by atoms with Crippen molar-refractivity contribution in [3.8, 4) is 5.75 Å². The number of carbonyl (C=O) groups excluding carboxylic acids is 1. The lowest BCUT2D eigenvalue weighted by Crippen LogP contribution is -2.43. The number of aryl methyl sites for hydroxylation is 4. The van der Waals surface area contributed by atoms with E-state index in [4.69, 9.17) is 0 Å². The van der Waals surface area contributed by atoms with Crippen LogP contribution in [0.25, 0.3) is 0 Å². The van der Waals surface area contributed by atoms with E-state index >= 15 is 0 Å². The smallest absolute Gasteiger partial charge is 0.326 e. The lowest BCUT2D eigenvalue weighted by atomic mass is 9.96. The fraction of sp³-hybridized carbons (Fsp3) is 0.333. The van der Waals surface area contributed by atoms with Crippen LogP contribution in [-0.4, -0.2) is 28.1 Å². The van der Waals surface area contributed by atoms with Gasteiger partial charge in [0, 0.05) is 6.42 Å². The molecule has 26 heavy (non-hydrogen) atoms. The highest BCUT2D eigenvalue weighted by molar-refractivity contribution is 5.85. The molecule has 1 amide bonds. The summed E-state index contributed by atoms with van der Waals surface area (Å²) in [6.07, 6.45) is 0.315. The number of carboxylic acids is 1. The Hall–Kier alpha value is -2.82. The average molecular weight is 355 g/mol. The van der Waals surface area contributed by atoms with E-state index in [0.717, 1.165) is 33.4 Å². The van der Waals surface area contributed by atoms with Crippen LogP contribution < -0.4 is 5.32 Å². The number of amides is 1. The SMILES string of the molecule is Cc1cc(C)c(CC(=O)N[C@@H](Cc2ccc(O)cc2C)C(=O)O)c(C)c1. The molecule has 2 rings (SSSR count). The van der Waals surface area contributed by atoms with Crippen molar-refractivity contribution in [2.24, 2.45) is 0 Å². The van der Waals surface area contributed by atoms with E-state index in [0.29, 0.717) is 0 Å². The van der Waals surface area contributed by atoms with Crippen LogP contribution in [0.1, 0.15) is 33.4 Å². The van der Waals surface area contributed by atoms with Gasteiger partial charge in [0.15, 0.2) is 0 Å². The number of carboxylic acid groups (broad SMARTS) is 1. The lowest BCUT2D eigenvalue weighted by Gasteiger charge is -2.17. The van der Waals surface area contributed by atoms with E-state index in [9.17, 15) is 19.8 Å². The van der Waals surface area contributed by atoms with Crippen LogP contribution in [0.5, 0.6) is 5.75 Å². The van der Waals surface area contributed by atoms with Crippen LogP contribution in [0, 0.1) is 27.7 Å². The number of aliphatic carboxylic acids is 1. The maximum Gasteiger partial charge on any atom is 0.326 e. The van der Waals surface area contributed by atoms with Crippen LogP contribution in [0.2, 0.25) is 0 Å². The standard InChI is InChI=1S/C21H25NO4/c1-12-7-14(3)18(15(4)8-12)11-20(24)22-19(21(25)26)10-16-5-6-17(23)9-13(16)2/h5-9,19,23H,10-11H2,1-4H3,(H,22,24)(H,25,26)/t19-/m0/s1. The molecule has 2 aromatic rings. The van der Waals surface area contributed by atoms with Gasteiger partial charge in [0.2, 0.25) is 5.91 Å². The first kappa shape index (κ1) is 19.5. The first-order chi connectivity index (χ1) is 12.2. The summed E-state index contributed by atoms with van der Waals surface area (Å²) in [5.74, 6) is -1.26. The Morgan fingerprint density at radius 1 is 1.00 bits per heavy atom. The summed E-state index contributed by atoms with van der Waals surface area (Å²) in [7, 11) is 0. The van der Waals surface area contributed by atoms with E-state index < -0.39 is 12.0 Å². The van der Waals surface area contributed by atoms with E-state index in [1.54, 1.807) is 19.1 Å². The van der Waals surface area contributed by atoms with Gasteiger partial charge in [-0.15, -0.1) is 0 Å². The molecular weight excluding hydrogens is 330 g/mol. The summed E-state index contributed by atoms with van der Waals surface area (Å²) in [4.78, 5) is 24.0. The lowest BCUT2D eigenvalue weighted by molar-refractivity contribution is -0.141. The first-order valence-corrected chi connectivity index (χ1v) is 8.54. The molecule has 0 fully saturated rings. The second-order valence-corrected chi connectivity index (χ2v) is 6.83. The second kappa shape index (κ2) is 8.04. The molecular formula is C21H25NO4. The predicted octanol–water partition coefficient (Wildman–Crippen LogP) is 2.98. The normalized spacial score (nSPS) is 11.8. The summed E-state index contributed by atoms with van der Waals surface area (Å²) in [6.45, 7) is 7.72. The van der Waals surface area contributed by atoms with Crippen LogP contribution in [0.4, 0.5) is 0 Å². The van der Waals surface area contributed by atoms with Gasteiger partial charge in [-0.1, -0.05) is 23.8 Å². The predicted molar refractivity (Wildman–Crippen MR) is 100 cm³/mol. The van der Waals surface area contributed by atoms with E-state index in [1.807, 2.05) is 32.9 Å². The zero-order valence-electron chi connectivity index (χ0n) is 15.6. The highest BCUT2D eigenvalue weighted by Gasteiger charge is 2.22. The topological polar surface area (TPSA) is 86.6 Å². The summed E-state index contributed by atoms with van der Waals surface area (Å²) in [6, 6.07) is 7.80. The summed E-state index contributed by atoms with van der Waals surface area (Å²) in [5, 5.41) is 21.6. The largest absolute Gasteiger partial charge is 0.508 e. The van der Waals surface area contributed by atoms with Gasteiger partial charge in [-0.2, -0.15) is 0 Å². The molecule has 0 saturated carbocycles. The number of benzene rings is 2. The number of phenols is 1. The molecule has 2 aromatic carbocycles. The van der Waals surface area contributed by atoms with Crippen molar-refractivity contribution in [3.63, 3.8) is 0 Å². The molecule has 3 N–H and O–H groups in total. The molecule has 0 spiro atoms. The highest BCUT2D eigenvalue weighted by atomic mass is 16.4. The van der Waals surface area contributed by atoms with Gasteiger partial charge in [0.05, 0.1) is 6.42 Å². The number of nitrogens with one attached hydrogen (secondary N) is 1. The fourth-order valence-electron chi connectivity index (χ4n) is 3.22. The van der Waals surface area contributed by atoms with Crippen LogP contribution in [-0.2, 0) is 22.4 Å². The number of hydrogen-bond acceptors (Lipinski definition) is 3. The molecule has 0 heterocycles. The van der Waals surface area contributed by atoms with Gasteiger partial charge in [0.25, 0.3) is 0 Å². The summed E-state index contributed by atoms with van der Waals surface area (Å²) in [5.41, 5.74) is 5.68. The number of phenolic OH excluding ortho intramolecular Hbond substituents is 1. The van der Waals surface area contributed by atoms with Crippen molar-refractivity contribution >= 4 is 11.9 Å². The third-order valence-electron chi connectivity index (χ3n) is 4.56. The maximum atomic E-state index is 12.4. The Morgan fingerprint density at radius 2 is 1.62 bits per heavy atom. The van der Waals surface area contributed by atoms with Crippen LogP contribution in [0.15, 0.2) is 30.3 Å². The van der Waals surface area contributed by atoms with Crippen LogP contribution in [0.3, 0.4) is 0 Å². The van der Waals surface area contributed by atoms with Gasteiger partial charge in [-0.05, 0) is 67.6 Å². The number of carbonyl (C=O) groups is 2. The quantitative estimate of drug-likeness (QED) is 0.743. The molecule has 5 heteroatoms. The molecule has 0 saturated heterocycles. The maximum absolute atomic E-state index is 12.4. The molecule has 5 nitrogen and oxygen atoms in total. The summed E-state index contributed by atoms with van der Waals surface area (Å²) < 4.78 is 0. The minimum atomic E-state index is -1.08. The fourth-order valence-corrected chi connectivity index (χ4v) is 3.22. The van der Waals surface area contributed by atoms with Gasteiger partial charge < -0.3 is 15.5 Å². The Bertz CT molecular complexity index is 819. The molecule has 0 bridgehead atoms. The molecule has 138 valence electrons. The van der Waals surface area contributed by atoms with Crippen molar-refractivity contribution in [1.82, 2.24) is 5.32 Å². The third kappa shape index (κ3) is 4.85. The van der Waals surface area contributed by atoms with Crippen molar-refractivity contribution in [1.29, 1.82) is 0 Å². The molecule has 0 aromatic heterocycles. The van der Waals surface area contributed by atoms with Gasteiger partial charge in [-0.3, -0.25) is 4.79 Å². The van der Waals surface area contributed by atoms with E-state index in [-0.39, 0.29) is 24.5 Å². The average Bonchev–Trinajstić information content (AvgIpc) is 2.52. The van der Waals surface area contributed by atoms with E-state index in [2.05, 4.69) is 5.32 Å². The zero-order valence-corrected chi connectivity index (χ0v) is 15.6. The molecule has 0 unspecified atom stereocenters. The second-order valence-electron chi connectivity index (χ2n) is 6.83. The Balaban J connectivity index is 2.12. The minimum Gasteiger partial charge on any atom is -0.508 e. The Labute approximate surface area is 153 Å². The number of aromatic hydroxyl groups is 1. The molecule has 0 aliphatic heterocycles. The van der Waals surface area contributed by atoms with Crippen molar-refractivity contribution < 1.29 is 19.8 Å². The van der Waals surface area contributed by atoms with E-state index in [1.165, 1.54) is 6.07 Å². The van der Waals surface area contributed by atoms with Gasteiger partial charge in [-0.25, -0.2) is 4.79 Å². The highest BCUT2D eigenvalue weighted by Crippen LogP contribution is 2.19. The molecule has 1 atom stereocenters. The zero-order chi connectivity index (χ0) is 19.4. The van der Waals surface area contributed by atoms with Crippen molar-refractivity contribution in [3.05, 3.63) is 63.7 Å². The van der Waals surface area contributed by atoms with Crippen LogP contribution >= 0.6 is 0 Å². The summed E-state index contributed by atoms with van der Waals surface area (Å²) >= 11 is 0. The molecule has 0 aliphatic carbocycles. The minimum absolute atomic E-state index is 0.132. The monoisotopic (exact) mass is 355 g/mol. The first-order valence-electron chi connectivity index (χ1n) is 8.54.